The molecule has 0 amide bonds. The SMILES string of the molecule is COc1nc(-c2cccc(-c3cccc(-c4cnc(CN[C@@H]5CCN(S(C)(=O)=O)C5)c(OC)n4)c3Cl)c2Cl)cnc1CC[C@@H]1CCN(S(C)(=O)=O)C1. The van der Waals surface area contributed by atoms with Gasteiger partial charge in [0.1, 0.15) is 11.4 Å². The smallest absolute Gasteiger partial charge is 0.237 e. The molecule has 278 valence electrons. The molecule has 2 aromatic heterocycles. The summed E-state index contributed by atoms with van der Waals surface area (Å²) in [5.41, 5.74) is 4.99. The summed E-state index contributed by atoms with van der Waals surface area (Å²) in [6, 6.07) is 11.2. The fourth-order valence-electron chi connectivity index (χ4n) is 6.66. The fraction of sp³-hybridized carbons (Fsp3) is 0.429. The Morgan fingerprint density at radius 3 is 1.77 bits per heavy atom. The Labute approximate surface area is 314 Å². The van der Waals surface area contributed by atoms with Crippen molar-refractivity contribution >= 4 is 43.2 Å². The molecule has 0 spiro atoms. The van der Waals surface area contributed by atoms with Gasteiger partial charge >= 0.3 is 0 Å². The van der Waals surface area contributed by atoms with Crippen molar-refractivity contribution in [2.45, 2.75) is 38.3 Å². The van der Waals surface area contributed by atoms with Crippen LogP contribution < -0.4 is 14.8 Å². The van der Waals surface area contributed by atoms with Crippen molar-refractivity contribution in [3.8, 4) is 45.4 Å². The van der Waals surface area contributed by atoms with Gasteiger partial charge in [-0.3, -0.25) is 9.97 Å². The molecule has 0 aliphatic carbocycles. The quantitative estimate of drug-likeness (QED) is 0.196. The molecule has 4 aromatic rings. The highest BCUT2D eigenvalue weighted by atomic mass is 35.5. The minimum atomic E-state index is -3.23. The van der Waals surface area contributed by atoms with E-state index in [4.69, 9.17) is 42.6 Å². The van der Waals surface area contributed by atoms with Crippen LogP contribution in [0.1, 0.15) is 30.7 Å². The van der Waals surface area contributed by atoms with Crippen molar-refractivity contribution < 1.29 is 26.3 Å². The molecule has 0 saturated carbocycles. The normalized spacial score (nSPS) is 18.6. The van der Waals surface area contributed by atoms with Crippen LogP contribution in [0, 0.1) is 5.92 Å². The van der Waals surface area contributed by atoms with E-state index in [1.807, 2.05) is 36.4 Å². The third kappa shape index (κ3) is 8.51. The number of benzene rings is 2. The molecular formula is C35H41Cl2N7O6S2. The number of ether oxygens (including phenoxy) is 2. The van der Waals surface area contributed by atoms with Gasteiger partial charge in [0, 0.05) is 61.0 Å². The Morgan fingerprint density at radius 2 is 1.25 bits per heavy atom. The van der Waals surface area contributed by atoms with Crippen molar-refractivity contribution in [2.24, 2.45) is 5.92 Å². The third-order valence-electron chi connectivity index (χ3n) is 9.53. The van der Waals surface area contributed by atoms with Crippen molar-refractivity contribution in [1.82, 2.24) is 33.9 Å². The lowest BCUT2D eigenvalue weighted by Gasteiger charge is -2.16. The highest BCUT2D eigenvalue weighted by Crippen LogP contribution is 2.42. The summed E-state index contributed by atoms with van der Waals surface area (Å²) in [4.78, 5) is 18.8. The minimum Gasteiger partial charge on any atom is -0.480 e. The first-order valence-corrected chi connectivity index (χ1v) is 21.2. The summed E-state index contributed by atoms with van der Waals surface area (Å²) in [5, 5.41) is 4.23. The van der Waals surface area contributed by atoms with E-state index in [2.05, 4.69) is 15.3 Å². The fourth-order valence-corrected chi connectivity index (χ4v) is 9.12. The molecule has 2 fully saturated rings. The molecule has 2 saturated heterocycles. The van der Waals surface area contributed by atoms with Crippen molar-refractivity contribution in [1.29, 1.82) is 0 Å². The molecule has 17 heteroatoms. The Bertz CT molecular complexity index is 2020. The number of hydrogen-bond acceptors (Lipinski definition) is 11. The molecule has 0 radical (unpaired) electrons. The van der Waals surface area contributed by atoms with E-state index >= 15 is 0 Å². The monoisotopic (exact) mass is 789 g/mol. The van der Waals surface area contributed by atoms with Gasteiger partial charge in [0.05, 0.1) is 60.6 Å². The number of nitrogens with zero attached hydrogens (tertiary/aromatic N) is 6. The van der Waals surface area contributed by atoms with Gasteiger partial charge in [-0.05, 0) is 31.6 Å². The number of aromatic nitrogens is 4. The Morgan fingerprint density at radius 1 is 0.750 bits per heavy atom. The van der Waals surface area contributed by atoms with Gasteiger partial charge in [-0.1, -0.05) is 59.6 Å². The number of rotatable bonds is 13. The zero-order valence-electron chi connectivity index (χ0n) is 29.3. The number of methoxy groups -OCH3 is 2. The van der Waals surface area contributed by atoms with Crippen LogP contribution in [0.25, 0.3) is 33.6 Å². The molecule has 0 unspecified atom stereocenters. The molecule has 1 N–H and O–H groups in total. The van der Waals surface area contributed by atoms with Crippen LogP contribution in [-0.2, 0) is 33.0 Å². The van der Waals surface area contributed by atoms with Crippen LogP contribution in [0.15, 0.2) is 48.8 Å². The summed E-state index contributed by atoms with van der Waals surface area (Å²) < 4.78 is 61.9. The highest BCUT2D eigenvalue weighted by molar-refractivity contribution is 7.88. The van der Waals surface area contributed by atoms with E-state index in [1.54, 1.807) is 19.5 Å². The largest absolute Gasteiger partial charge is 0.480 e. The average Bonchev–Trinajstić information content (AvgIpc) is 3.81. The first-order valence-electron chi connectivity index (χ1n) is 16.8. The van der Waals surface area contributed by atoms with Gasteiger partial charge in [-0.2, -0.15) is 0 Å². The van der Waals surface area contributed by atoms with E-state index < -0.39 is 20.0 Å². The highest BCUT2D eigenvalue weighted by Gasteiger charge is 2.30. The summed E-state index contributed by atoms with van der Waals surface area (Å²) in [7, 11) is -3.36. The van der Waals surface area contributed by atoms with Crippen molar-refractivity contribution in [3.05, 3.63) is 70.2 Å². The zero-order chi connectivity index (χ0) is 37.2. The van der Waals surface area contributed by atoms with Gasteiger partial charge < -0.3 is 14.8 Å². The minimum absolute atomic E-state index is 0.00336. The van der Waals surface area contributed by atoms with E-state index in [0.29, 0.717) is 112 Å². The maximum Gasteiger partial charge on any atom is 0.237 e. The van der Waals surface area contributed by atoms with Crippen LogP contribution in [0.3, 0.4) is 0 Å². The summed E-state index contributed by atoms with van der Waals surface area (Å²) >= 11 is 14.1. The third-order valence-corrected chi connectivity index (χ3v) is 12.9. The van der Waals surface area contributed by atoms with Crippen LogP contribution in [0.4, 0.5) is 0 Å². The molecule has 6 rings (SSSR count). The second-order valence-corrected chi connectivity index (χ2v) is 17.8. The zero-order valence-corrected chi connectivity index (χ0v) is 32.5. The van der Waals surface area contributed by atoms with E-state index in [0.717, 1.165) is 12.8 Å². The maximum absolute atomic E-state index is 11.9. The van der Waals surface area contributed by atoms with Crippen LogP contribution in [-0.4, -0.2) is 104 Å². The first-order chi connectivity index (χ1) is 24.8. The van der Waals surface area contributed by atoms with Gasteiger partial charge in [-0.25, -0.2) is 35.4 Å². The molecule has 13 nitrogen and oxygen atoms in total. The maximum atomic E-state index is 11.9. The molecule has 52 heavy (non-hydrogen) atoms. The first kappa shape index (κ1) is 38.3. The van der Waals surface area contributed by atoms with Gasteiger partial charge in [-0.15, -0.1) is 0 Å². The Kier molecular flexibility index (Phi) is 11.7. The summed E-state index contributed by atoms with van der Waals surface area (Å²) in [6.45, 7) is 2.28. The Balaban J connectivity index is 1.20. The lowest BCUT2D eigenvalue weighted by Crippen LogP contribution is -2.34. The second-order valence-electron chi connectivity index (χ2n) is 13.1. The average molecular weight is 791 g/mol. The van der Waals surface area contributed by atoms with Gasteiger partial charge in [0.15, 0.2) is 0 Å². The topological polar surface area (TPSA) is 157 Å². The lowest BCUT2D eigenvalue weighted by molar-refractivity contribution is 0.384. The standard InChI is InChI=1S/C35H41Cl2N7O6S2/c1-49-34-28(12-11-22-13-15-43(20-22)51(3,45)46)39-17-29(41-34)26-9-5-7-24(32(26)36)25-8-6-10-27(33(25)37)30-18-40-31(35(42-30)50-2)19-38-23-14-16-44(21-23)52(4,47)48/h5-10,17-18,22-23,38H,11-16,19-21H2,1-4H3/t22-,23-/m1/s1. The number of hydrogen-bond donors (Lipinski definition) is 1. The van der Waals surface area contributed by atoms with E-state index in [1.165, 1.54) is 28.2 Å². The summed E-state index contributed by atoms with van der Waals surface area (Å²) in [6.07, 6.45) is 8.66. The molecule has 4 heterocycles. The predicted molar refractivity (Wildman–Crippen MR) is 202 cm³/mol. The van der Waals surface area contributed by atoms with Crippen LogP contribution in [0.5, 0.6) is 11.8 Å². The molecule has 2 aromatic carbocycles. The number of nitrogens with one attached hydrogen (secondary N) is 1. The van der Waals surface area contributed by atoms with Crippen LogP contribution >= 0.6 is 23.2 Å². The lowest BCUT2D eigenvalue weighted by atomic mass is 9.98. The molecule has 0 bridgehead atoms. The van der Waals surface area contributed by atoms with Crippen LogP contribution in [0.2, 0.25) is 10.0 Å². The summed E-state index contributed by atoms with van der Waals surface area (Å²) in [5.74, 6) is 0.968. The Hall–Kier alpha value is -3.44. The number of aryl methyl sites for hydroxylation is 1. The van der Waals surface area contributed by atoms with Gasteiger partial charge in [0.25, 0.3) is 0 Å². The van der Waals surface area contributed by atoms with E-state index in [9.17, 15) is 16.8 Å². The number of sulfonamides is 2. The van der Waals surface area contributed by atoms with E-state index in [-0.39, 0.29) is 12.0 Å². The van der Waals surface area contributed by atoms with Crippen molar-refractivity contribution in [2.75, 3.05) is 52.9 Å². The van der Waals surface area contributed by atoms with Crippen molar-refractivity contribution in [3.63, 3.8) is 0 Å². The molecule has 2 aliphatic heterocycles. The predicted octanol–water partition coefficient (Wildman–Crippen LogP) is 4.93. The molecule has 2 aliphatic rings. The second kappa shape index (κ2) is 15.9. The number of halogens is 2. The molecule has 2 atom stereocenters. The van der Waals surface area contributed by atoms with Gasteiger partial charge in [0.2, 0.25) is 31.8 Å². The molecular weight excluding hydrogens is 749 g/mol.